The summed E-state index contributed by atoms with van der Waals surface area (Å²) < 4.78 is 5.24. The van der Waals surface area contributed by atoms with Crippen molar-refractivity contribution >= 4 is 40.2 Å². The predicted octanol–water partition coefficient (Wildman–Crippen LogP) is 2.43. The van der Waals surface area contributed by atoms with Crippen LogP contribution in [0.1, 0.15) is 27.2 Å². The molecular weight excluding hydrogens is 318 g/mol. The van der Waals surface area contributed by atoms with Crippen LogP contribution in [0.2, 0.25) is 0 Å². The average molecular weight is 337 g/mol. The van der Waals surface area contributed by atoms with E-state index >= 15 is 0 Å². The highest BCUT2D eigenvalue weighted by atomic mass is 32.2. The second-order valence-corrected chi connectivity index (χ2v) is 6.23. The lowest BCUT2D eigenvalue weighted by molar-refractivity contribution is -0.140. The minimum Gasteiger partial charge on any atom is -0.426 e. The highest BCUT2D eigenvalue weighted by molar-refractivity contribution is 8.13. The van der Waals surface area contributed by atoms with E-state index in [2.05, 4.69) is 5.32 Å². The molecule has 1 rings (SSSR count). The normalized spacial score (nSPS) is 11.4. The zero-order chi connectivity index (χ0) is 17.4. The minimum atomic E-state index is -0.670. The fraction of sp³-hybridized carbons (Fsp3) is 0.375. The monoisotopic (exact) mass is 337 g/mol. The van der Waals surface area contributed by atoms with E-state index in [-0.39, 0.29) is 29.0 Å². The van der Waals surface area contributed by atoms with E-state index in [4.69, 9.17) is 4.74 Å². The third-order valence-electron chi connectivity index (χ3n) is 2.75. The van der Waals surface area contributed by atoms with Crippen molar-refractivity contribution < 1.29 is 23.9 Å². The molecule has 1 unspecified atom stereocenters. The number of carbonyl (C=O) groups is 4. The quantitative estimate of drug-likeness (QED) is 0.607. The molecule has 6 nitrogen and oxygen atoms in total. The number of ether oxygens (including phenoxy) is 1. The van der Waals surface area contributed by atoms with Crippen LogP contribution >= 0.6 is 11.8 Å². The number of carbonyl (C=O) groups excluding carboxylic acids is 4. The van der Waals surface area contributed by atoms with Crippen molar-refractivity contribution in [1.29, 1.82) is 0 Å². The lowest BCUT2D eigenvalue weighted by Gasteiger charge is -2.13. The van der Waals surface area contributed by atoms with Gasteiger partial charge in [-0.1, -0.05) is 11.8 Å². The van der Waals surface area contributed by atoms with E-state index < -0.39 is 11.9 Å². The van der Waals surface area contributed by atoms with Crippen LogP contribution in [0.5, 0.6) is 5.75 Å². The Kier molecular flexibility index (Phi) is 7.47. The largest absolute Gasteiger partial charge is 0.426 e. The van der Waals surface area contributed by atoms with Crippen LogP contribution in [-0.2, 0) is 19.2 Å². The molecular formula is C16H19NO5S. The first-order valence-electron chi connectivity index (χ1n) is 7.00. The Labute approximate surface area is 139 Å². The number of thioether (sulfide) groups is 1. The van der Waals surface area contributed by atoms with Gasteiger partial charge in [-0.2, -0.15) is 0 Å². The number of anilines is 1. The molecule has 1 aromatic carbocycles. The van der Waals surface area contributed by atoms with Gasteiger partial charge in [0, 0.05) is 31.7 Å². The molecule has 124 valence electrons. The zero-order valence-corrected chi connectivity index (χ0v) is 14.1. The van der Waals surface area contributed by atoms with E-state index in [0.29, 0.717) is 11.4 Å². The van der Waals surface area contributed by atoms with Crippen LogP contribution in [0.25, 0.3) is 0 Å². The summed E-state index contributed by atoms with van der Waals surface area (Å²) in [7, 11) is 0. The Hall–Kier alpha value is -2.15. The Morgan fingerprint density at radius 2 is 1.70 bits per heavy atom. The summed E-state index contributed by atoms with van der Waals surface area (Å²) in [6, 6.07) is 6.31. The fourth-order valence-electron chi connectivity index (χ4n) is 1.78. The maximum Gasteiger partial charge on any atom is 0.315 e. The number of hydrogen-bond acceptors (Lipinski definition) is 6. The van der Waals surface area contributed by atoms with Gasteiger partial charge in [-0.15, -0.1) is 0 Å². The van der Waals surface area contributed by atoms with Crippen LogP contribution in [0, 0.1) is 5.92 Å². The summed E-state index contributed by atoms with van der Waals surface area (Å²) >= 11 is 0.990. The maximum atomic E-state index is 12.2. The van der Waals surface area contributed by atoms with Gasteiger partial charge in [0.2, 0.25) is 5.91 Å². The summed E-state index contributed by atoms with van der Waals surface area (Å²) in [4.78, 5) is 45.4. The van der Waals surface area contributed by atoms with Crippen molar-refractivity contribution in [3.8, 4) is 5.75 Å². The number of amides is 1. The number of hydrogen-bond donors (Lipinski definition) is 1. The number of ketones is 1. The van der Waals surface area contributed by atoms with Crippen molar-refractivity contribution in [3.05, 3.63) is 24.3 Å². The Morgan fingerprint density at radius 1 is 1.09 bits per heavy atom. The van der Waals surface area contributed by atoms with Crippen LogP contribution in [-0.4, -0.2) is 28.5 Å². The van der Waals surface area contributed by atoms with Gasteiger partial charge in [0.25, 0.3) is 0 Å². The molecule has 23 heavy (non-hydrogen) atoms. The fourth-order valence-corrected chi connectivity index (χ4v) is 2.47. The van der Waals surface area contributed by atoms with Gasteiger partial charge in [0.05, 0.1) is 5.92 Å². The first-order valence-corrected chi connectivity index (χ1v) is 7.98. The second-order valence-electron chi connectivity index (χ2n) is 5.03. The molecule has 1 atom stereocenters. The van der Waals surface area contributed by atoms with Gasteiger partial charge in [-0.25, -0.2) is 0 Å². The van der Waals surface area contributed by atoms with Gasteiger partial charge in [-0.05, 0) is 31.2 Å². The van der Waals surface area contributed by atoms with Crippen molar-refractivity contribution in [3.63, 3.8) is 0 Å². The van der Waals surface area contributed by atoms with E-state index in [0.717, 1.165) is 11.8 Å². The smallest absolute Gasteiger partial charge is 0.315 e. The first kappa shape index (κ1) is 18.9. The molecule has 0 spiro atoms. The Balaban J connectivity index is 2.70. The average Bonchev–Trinajstić information content (AvgIpc) is 2.44. The molecule has 0 aromatic heterocycles. The molecule has 0 radical (unpaired) electrons. The van der Waals surface area contributed by atoms with Gasteiger partial charge in [0.1, 0.15) is 11.5 Å². The van der Waals surface area contributed by atoms with Crippen molar-refractivity contribution in [1.82, 2.24) is 0 Å². The van der Waals surface area contributed by atoms with Crippen LogP contribution in [0.3, 0.4) is 0 Å². The molecule has 0 aliphatic rings. The molecule has 0 aliphatic heterocycles. The zero-order valence-electron chi connectivity index (χ0n) is 13.3. The van der Waals surface area contributed by atoms with Gasteiger partial charge in [-0.3, -0.25) is 14.4 Å². The molecule has 1 aromatic rings. The lowest BCUT2D eigenvalue weighted by atomic mass is 10.1. The van der Waals surface area contributed by atoms with Crippen LogP contribution < -0.4 is 10.1 Å². The standard InChI is InChI=1S/C16H19NO5S/c1-10(18)8-13(9-23-12(3)20)16(21)22-15-6-4-14(5-7-15)17-11(2)19/h4-7,13H,8-9H2,1-3H3,(H,17,19). The molecule has 1 amide bonds. The predicted molar refractivity (Wildman–Crippen MR) is 88.3 cm³/mol. The van der Waals surface area contributed by atoms with Gasteiger partial charge in [0.15, 0.2) is 5.12 Å². The Morgan fingerprint density at radius 3 is 2.17 bits per heavy atom. The van der Waals surface area contributed by atoms with Crippen LogP contribution in [0.4, 0.5) is 5.69 Å². The topological polar surface area (TPSA) is 89.5 Å². The molecule has 0 aliphatic carbocycles. The summed E-state index contributed by atoms with van der Waals surface area (Å²) in [6.45, 7) is 4.19. The number of nitrogens with one attached hydrogen (secondary N) is 1. The molecule has 0 heterocycles. The minimum absolute atomic E-state index is 0.0308. The summed E-state index contributed by atoms with van der Waals surface area (Å²) in [5, 5.41) is 2.48. The summed E-state index contributed by atoms with van der Waals surface area (Å²) in [5.41, 5.74) is 0.588. The van der Waals surface area contributed by atoms with E-state index in [1.807, 2.05) is 0 Å². The van der Waals surface area contributed by atoms with Crippen molar-refractivity contribution in [2.45, 2.75) is 27.2 Å². The van der Waals surface area contributed by atoms with E-state index in [1.165, 1.54) is 20.8 Å². The van der Waals surface area contributed by atoms with Gasteiger partial charge >= 0.3 is 5.97 Å². The molecule has 7 heteroatoms. The first-order chi connectivity index (χ1) is 10.8. The highest BCUT2D eigenvalue weighted by Gasteiger charge is 2.23. The Bertz CT molecular complexity index is 597. The molecule has 0 bridgehead atoms. The third kappa shape index (κ3) is 7.60. The van der Waals surface area contributed by atoms with Crippen molar-refractivity contribution in [2.24, 2.45) is 5.92 Å². The molecule has 0 saturated carbocycles. The molecule has 0 fully saturated rings. The SMILES string of the molecule is CC(=O)CC(CSC(C)=O)C(=O)Oc1ccc(NC(C)=O)cc1. The van der Waals surface area contributed by atoms with E-state index in [9.17, 15) is 19.2 Å². The lowest BCUT2D eigenvalue weighted by Crippen LogP contribution is -2.25. The number of benzene rings is 1. The maximum absolute atomic E-state index is 12.2. The summed E-state index contributed by atoms with van der Waals surface area (Å²) in [5.74, 6) is -1.05. The third-order valence-corrected chi connectivity index (χ3v) is 3.72. The number of rotatable bonds is 7. The highest BCUT2D eigenvalue weighted by Crippen LogP contribution is 2.20. The van der Waals surface area contributed by atoms with E-state index in [1.54, 1.807) is 24.3 Å². The van der Waals surface area contributed by atoms with Crippen LogP contribution in [0.15, 0.2) is 24.3 Å². The molecule has 0 saturated heterocycles. The van der Waals surface area contributed by atoms with Gasteiger partial charge < -0.3 is 14.8 Å². The second kappa shape index (κ2) is 9.09. The number of Topliss-reactive ketones (excluding diaryl/α,β-unsaturated/α-hetero) is 1. The summed E-state index contributed by atoms with van der Waals surface area (Å²) in [6.07, 6.45) is 0.0308. The van der Waals surface area contributed by atoms with Crippen molar-refractivity contribution in [2.75, 3.05) is 11.1 Å². The number of esters is 1. The molecule has 1 N–H and O–H groups in total.